The molecule has 2 aromatic rings. The van der Waals surface area contributed by atoms with Crippen LogP contribution < -0.4 is 10.4 Å². The largest absolute Gasteiger partial charge is 0.331 e. The van der Waals surface area contributed by atoms with Gasteiger partial charge in [-0.2, -0.15) is 0 Å². The number of hydrogen-bond acceptors (Lipinski definition) is 1. The van der Waals surface area contributed by atoms with Crippen molar-refractivity contribution in [2.45, 2.75) is 58.4 Å². The van der Waals surface area contributed by atoms with E-state index in [0.29, 0.717) is 37.6 Å². The van der Waals surface area contributed by atoms with E-state index in [0.717, 1.165) is 49.8 Å². The Labute approximate surface area is 208 Å². The van der Waals surface area contributed by atoms with Gasteiger partial charge in [-0.3, -0.25) is 0 Å². The lowest BCUT2D eigenvalue weighted by Gasteiger charge is -2.36. The van der Waals surface area contributed by atoms with Crippen molar-refractivity contribution >= 4 is 71.4 Å². The Morgan fingerprint density at radius 3 is 2.09 bits per heavy atom. The second-order valence-corrected chi connectivity index (χ2v) is 9.07. The van der Waals surface area contributed by atoms with Crippen molar-refractivity contribution in [3.63, 3.8) is 0 Å². The second kappa shape index (κ2) is 11.1. The number of anilines is 2. The lowest BCUT2D eigenvalue weighted by molar-refractivity contribution is 0.792. The average Bonchev–Trinajstić information content (AvgIpc) is 2.98. The van der Waals surface area contributed by atoms with Gasteiger partial charge in [0.05, 0.1) is 21.8 Å². The minimum absolute atomic E-state index is 0.369. The van der Waals surface area contributed by atoms with E-state index in [2.05, 4.69) is 38.1 Å². The predicted molar refractivity (Wildman–Crippen MR) is 144 cm³/mol. The van der Waals surface area contributed by atoms with Crippen molar-refractivity contribution in [1.82, 2.24) is 0 Å². The highest BCUT2D eigenvalue weighted by molar-refractivity contribution is 6.46. The first-order valence-corrected chi connectivity index (χ1v) is 11.9. The van der Waals surface area contributed by atoms with E-state index in [1.165, 1.54) is 5.56 Å². The molecule has 0 saturated heterocycles. The minimum Gasteiger partial charge on any atom is -0.331 e. The van der Waals surface area contributed by atoms with Crippen molar-refractivity contribution < 1.29 is 0 Å². The molecular weight excluding hydrogens is 428 g/mol. The molecule has 1 aliphatic rings. The average molecular weight is 454 g/mol. The van der Waals surface area contributed by atoms with Gasteiger partial charge >= 0.3 is 0 Å². The molecule has 1 aliphatic carbocycles. The number of rotatable bonds is 9. The zero-order valence-corrected chi connectivity index (χ0v) is 20.3. The minimum atomic E-state index is -0.473. The molecule has 2 aromatic carbocycles. The smallest absolute Gasteiger partial charge is 0.113 e. The molecule has 3 rings (SSSR count). The van der Waals surface area contributed by atoms with Crippen molar-refractivity contribution in [3.05, 3.63) is 74.0 Å². The molecule has 0 saturated carbocycles. The summed E-state index contributed by atoms with van der Waals surface area (Å²) in [5.74, 6) is 0. The highest BCUT2D eigenvalue weighted by Crippen LogP contribution is 2.43. The molecule has 0 amide bonds. The lowest BCUT2D eigenvalue weighted by Crippen LogP contribution is -2.34. The maximum atomic E-state index is 6.67. The summed E-state index contributed by atoms with van der Waals surface area (Å²) < 4.78 is 0. The van der Waals surface area contributed by atoms with Gasteiger partial charge in [0.15, 0.2) is 0 Å². The summed E-state index contributed by atoms with van der Waals surface area (Å²) in [6.45, 7) is 4.32. The summed E-state index contributed by atoms with van der Waals surface area (Å²) in [5, 5.41) is 0.755. The fourth-order valence-electron chi connectivity index (χ4n) is 4.12. The quantitative estimate of drug-likeness (QED) is 0.433. The number of unbranched alkanes of at least 4 members (excludes halogenated alkanes) is 2. The molecule has 0 N–H and O–H groups in total. The van der Waals surface area contributed by atoms with Crippen LogP contribution in [0.5, 0.6) is 0 Å². The molecule has 7 heteroatoms. The number of allylic oxidation sites excluding steroid dienone is 2. The highest BCUT2D eigenvalue weighted by Gasteiger charge is 2.32. The van der Waals surface area contributed by atoms with Gasteiger partial charge in [-0.05, 0) is 55.5 Å². The summed E-state index contributed by atoms with van der Waals surface area (Å²) in [6, 6.07) is 11.3. The van der Waals surface area contributed by atoms with Crippen molar-refractivity contribution in [2.75, 3.05) is 4.90 Å². The third-order valence-electron chi connectivity index (χ3n) is 5.94. The van der Waals surface area contributed by atoms with Gasteiger partial charge in [-0.1, -0.05) is 84.0 Å². The van der Waals surface area contributed by atoms with Crippen molar-refractivity contribution in [2.24, 2.45) is 0 Å². The molecule has 8 radical (unpaired) electrons. The Morgan fingerprint density at radius 1 is 0.844 bits per heavy atom. The van der Waals surface area contributed by atoms with E-state index in [-0.39, 0.29) is 0 Å². The molecule has 0 bridgehead atoms. The summed E-state index contributed by atoms with van der Waals surface area (Å²) in [5.41, 5.74) is 5.90. The van der Waals surface area contributed by atoms with E-state index in [4.69, 9.17) is 54.6 Å². The molecule has 0 aromatic heterocycles. The number of aryl methyl sites for hydroxylation is 1. The molecule has 1 nitrogen and oxygen atoms in total. The van der Waals surface area contributed by atoms with E-state index in [9.17, 15) is 0 Å². The fourth-order valence-corrected chi connectivity index (χ4v) is 4.54. The topological polar surface area (TPSA) is 3.24 Å². The first-order valence-electron chi connectivity index (χ1n) is 11.2. The summed E-state index contributed by atoms with van der Waals surface area (Å²) in [6.07, 6.45) is 6.12. The van der Waals surface area contributed by atoms with E-state index in [1.54, 1.807) is 12.1 Å². The summed E-state index contributed by atoms with van der Waals surface area (Å²) in [4.78, 5) is 1.99. The molecule has 0 heterocycles. The predicted octanol–water partition coefficient (Wildman–Crippen LogP) is 5.81. The van der Waals surface area contributed by atoms with Crippen LogP contribution in [0, 0.1) is 0 Å². The number of halogens is 2. The fraction of sp³-hybridized carbons (Fsp3) is 0.360. The Bertz CT molecular complexity index is 1030. The van der Waals surface area contributed by atoms with Gasteiger partial charge in [0.1, 0.15) is 31.4 Å². The highest BCUT2D eigenvalue weighted by atomic mass is 35.5. The van der Waals surface area contributed by atoms with Crippen LogP contribution in [0.3, 0.4) is 0 Å². The summed E-state index contributed by atoms with van der Waals surface area (Å²) in [7, 11) is 25.8. The molecule has 0 fully saturated rings. The normalized spacial score (nSPS) is 16.2. The Kier molecular flexibility index (Phi) is 8.75. The van der Waals surface area contributed by atoms with Crippen LogP contribution in [0.1, 0.15) is 51.5 Å². The van der Waals surface area contributed by atoms with Crippen LogP contribution in [0.2, 0.25) is 10.0 Å². The zero-order chi connectivity index (χ0) is 23.4. The van der Waals surface area contributed by atoms with Crippen molar-refractivity contribution in [3.8, 4) is 0 Å². The standard InChI is InChI=1S/C25H25B4Cl2N/c1-3-5-7-15-9-11-17(12-10-15)32(20-14-16(26)13-19(30)24(20)31)25-22(28)18(8-6-4-2)21(27)23(25)29/h9-14,25H,3-8H2,1-2H3. The molecular formula is C25H25B4Cl2N. The maximum absolute atomic E-state index is 6.67. The monoisotopic (exact) mass is 453 g/mol. The molecule has 32 heavy (non-hydrogen) atoms. The first kappa shape index (κ1) is 25.2. The SMILES string of the molecule is [B]C1=C([B])C(N(c2ccc(CCCC)cc2)c2cc([B])cc(Cl)c2Cl)C([B])=C1CCCC. The van der Waals surface area contributed by atoms with Crippen molar-refractivity contribution in [1.29, 1.82) is 0 Å². The lowest BCUT2D eigenvalue weighted by atomic mass is 9.76. The van der Waals surface area contributed by atoms with Crippen LogP contribution in [-0.4, -0.2) is 37.4 Å². The Morgan fingerprint density at radius 2 is 1.47 bits per heavy atom. The van der Waals surface area contributed by atoms with E-state index in [1.807, 2.05) is 4.90 Å². The molecule has 0 aliphatic heterocycles. The maximum Gasteiger partial charge on any atom is 0.113 e. The van der Waals surface area contributed by atoms with Gasteiger partial charge < -0.3 is 4.90 Å². The number of benzene rings is 2. The van der Waals surface area contributed by atoms with E-state index >= 15 is 0 Å². The van der Waals surface area contributed by atoms with E-state index < -0.39 is 6.04 Å². The van der Waals surface area contributed by atoms with Crippen LogP contribution in [0.4, 0.5) is 11.4 Å². The Hall–Kier alpha value is -1.44. The van der Waals surface area contributed by atoms with Crippen LogP contribution >= 0.6 is 23.2 Å². The third kappa shape index (κ3) is 5.20. The van der Waals surface area contributed by atoms with Gasteiger partial charge in [0, 0.05) is 5.69 Å². The number of nitrogens with zero attached hydrogens (tertiary/aromatic N) is 1. The van der Waals surface area contributed by atoms with Gasteiger partial charge in [0.25, 0.3) is 0 Å². The molecule has 1 unspecified atom stereocenters. The summed E-state index contributed by atoms with van der Waals surface area (Å²) >= 11 is 13.1. The first-order chi connectivity index (χ1) is 15.3. The zero-order valence-electron chi connectivity index (χ0n) is 18.8. The van der Waals surface area contributed by atoms with Gasteiger partial charge in [-0.25, -0.2) is 0 Å². The molecule has 156 valence electrons. The Balaban J connectivity index is 2.15. The van der Waals surface area contributed by atoms with Crippen LogP contribution in [0.25, 0.3) is 0 Å². The second-order valence-electron chi connectivity index (χ2n) is 8.28. The third-order valence-corrected chi connectivity index (χ3v) is 6.73. The molecule has 0 spiro atoms. The number of hydrogen-bond donors (Lipinski definition) is 0. The molecule has 1 atom stereocenters. The van der Waals surface area contributed by atoms with Crippen LogP contribution in [-0.2, 0) is 6.42 Å². The van der Waals surface area contributed by atoms with Crippen LogP contribution in [0.15, 0.2) is 58.4 Å². The van der Waals surface area contributed by atoms with Gasteiger partial charge in [0.2, 0.25) is 0 Å². The van der Waals surface area contributed by atoms with Gasteiger partial charge in [-0.15, -0.1) is 5.47 Å².